The predicted molar refractivity (Wildman–Crippen MR) is 66.6 cm³/mol. The van der Waals surface area contributed by atoms with Crippen LogP contribution in [0.5, 0.6) is 5.75 Å². The zero-order chi connectivity index (χ0) is 12.8. The van der Waals surface area contributed by atoms with Crippen LogP contribution in [-0.2, 0) is 6.54 Å². The van der Waals surface area contributed by atoms with Crippen molar-refractivity contribution >= 4 is 11.6 Å². The van der Waals surface area contributed by atoms with Crippen LogP contribution in [0.4, 0.5) is 11.6 Å². The number of methoxy groups -OCH3 is 1. The van der Waals surface area contributed by atoms with Gasteiger partial charge in [0.1, 0.15) is 18.3 Å². The van der Waals surface area contributed by atoms with Crippen LogP contribution in [0.1, 0.15) is 12.6 Å². The van der Waals surface area contributed by atoms with Gasteiger partial charge >= 0.3 is 0 Å². The first-order chi connectivity index (χ1) is 8.85. The number of hydrogen-bond donors (Lipinski definition) is 2. The molecule has 2 aromatic rings. The second-order valence-corrected chi connectivity index (χ2v) is 3.48. The van der Waals surface area contributed by atoms with Crippen molar-refractivity contribution in [1.29, 1.82) is 0 Å². The number of anilines is 2. The average molecular weight is 249 g/mol. The number of ether oxygens (including phenoxy) is 1. The minimum atomic E-state index is 0.509. The molecule has 0 aromatic carbocycles. The minimum Gasteiger partial charge on any atom is -0.490 e. The van der Waals surface area contributed by atoms with E-state index in [1.54, 1.807) is 13.2 Å². The van der Waals surface area contributed by atoms with E-state index in [1.807, 2.05) is 6.92 Å². The highest BCUT2D eigenvalue weighted by Gasteiger charge is 2.11. The molecule has 0 saturated carbocycles. The van der Waals surface area contributed by atoms with Crippen LogP contribution in [0.25, 0.3) is 0 Å². The van der Waals surface area contributed by atoms with E-state index in [9.17, 15) is 0 Å². The highest BCUT2D eigenvalue weighted by Crippen LogP contribution is 2.28. The average Bonchev–Trinajstić information content (AvgIpc) is 2.90. The van der Waals surface area contributed by atoms with Gasteiger partial charge in [0.15, 0.2) is 11.6 Å². The maximum Gasteiger partial charge on any atom is 0.204 e. The van der Waals surface area contributed by atoms with E-state index < -0.39 is 0 Å². The van der Waals surface area contributed by atoms with Gasteiger partial charge in [-0.25, -0.2) is 9.97 Å². The SMILES string of the molecule is CCNc1ncnc(NCc2ccon2)c1OC. The maximum absolute atomic E-state index is 5.31. The third kappa shape index (κ3) is 2.68. The highest BCUT2D eigenvalue weighted by molar-refractivity contribution is 5.63. The lowest BCUT2D eigenvalue weighted by Crippen LogP contribution is -2.08. The summed E-state index contributed by atoms with van der Waals surface area (Å²) in [7, 11) is 1.58. The van der Waals surface area contributed by atoms with Gasteiger partial charge in [-0.15, -0.1) is 0 Å². The largest absolute Gasteiger partial charge is 0.490 e. The van der Waals surface area contributed by atoms with Gasteiger partial charge < -0.3 is 19.9 Å². The van der Waals surface area contributed by atoms with Crippen LogP contribution >= 0.6 is 0 Å². The molecule has 0 aliphatic carbocycles. The first kappa shape index (κ1) is 12.2. The number of nitrogens with zero attached hydrogens (tertiary/aromatic N) is 3. The maximum atomic E-state index is 5.31. The van der Waals surface area contributed by atoms with Crippen LogP contribution in [0.3, 0.4) is 0 Å². The van der Waals surface area contributed by atoms with Crippen molar-refractivity contribution in [2.75, 3.05) is 24.3 Å². The molecule has 0 bridgehead atoms. The fourth-order valence-corrected chi connectivity index (χ4v) is 1.49. The Bertz CT molecular complexity index is 486. The number of nitrogens with one attached hydrogen (secondary N) is 2. The Hall–Kier alpha value is -2.31. The molecule has 2 rings (SSSR count). The molecule has 0 aliphatic rings. The Labute approximate surface area is 105 Å². The van der Waals surface area contributed by atoms with Crippen molar-refractivity contribution in [3.63, 3.8) is 0 Å². The third-order valence-corrected chi connectivity index (χ3v) is 2.28. The zero-order valence-electron chi connectivity index (χ0n) is 10.3. The molecule has 18 heavy (non-hydrogen) atoms. The molecule has 0 amide bonds. The van der Waals surface area contributed by atoms with E-state index in [1.165, 1.54) is 12.6 Å². The summed E-state index contributed by atoms with van der Waals surface area (Å²) in [5.41, 5.74) is 0.792. The summed E-state index contributed by atoms with van der Waals surface area (Å²) >= 11 is 0. The van der Waals surface area contributed by atoms with E-state index in [2.05, 4.69) is 25.8 Å². The van der Waals surface area contributed by atoms with Gasteiger partial charge in [0, 0.05) is 12.6 Å². The van der Waals surface area contributed by atoms with Crippen LogP contribution in [0, 0.1) is 0 Å². The van der Waals surface area contributed by atoms with Crippen molar-refractivity contribution in [3.05, 3.63) is 24.4 Å². The first-order valence-electron chi connectivity index (χ1n) is 5.61. The molecule has 2 aromatic heterocycles. The van der Waals surface area contributed by atoms with E-state index in [0.717, 1.165) is 12.2 Å². The molecule has 0 unspecified atom stereocenters. The zero-order valence-corrected chi connectivity index (χ0v) is 10.3. The molecular weight excluding hydrogens is 234 g/mol. The lowest BCUT2D eigenvalue weighted by Gasteiger charge is -2.12. The Morgan fingerprint density at radius 2 is 2.06 bits per heavy atom. The molecule has 0 spiro atoms. The van der Waals surface area contributed by atoms with Gasteiger partial charge in [-0.3, -0.25) is 0 Å². The monoisotopic (exact) mass is 249 g/mol. The molecule has 0 radical (unpaired) electrons. The molecule has 2 heterocycles. The summed E-state index contributed by atoms with van der Waals surface area (Å²) in [6, 6.07) is 1.78. The minimum absolute atomic E-state index is 0.509. The summed E-state index contributed by atoms with van der Waals surface area (Å²) in [5, 5.41) is 10.0. The van der Waals surface area contributed by atoms with E-state index in [4.69, 9.17) is 9.26 Å². The van der Waals surface area contributed by atoms with Crippen molar-refractivity contribution in [2.24, 2.45) is 0 Å². The summed E-state index contributed by atoms with van der Waals surface area (Å²) in [6.45, 7) is 3.26. The quantitative estimate of drug-likeness (QED) is 0.802. The smallest absolute Gasteiger partial charge is 0.204 e. The van der Waals surface area contributed by atoms with Gasteiger partial charge in [0.2, 0.25) is 5.75 Å². The number of rotatable bonds is 6. The van der Waals surface area contributed by atoms with E-state index >= 15 is 0 Å². The van der Waals surface area contributed by atoms with Gasteiger partial charge in [0.05, 0.1) is 13.7 Å². The van der Waals surface area contributed by atoms with Crippen LogP contribution < -0.4 is 15.4 Å². The summed E-state index contributed by atoms with van der Waals surface area (Å²) in [4.78, 5) is 8.27. The molecule has 0 atom stereocenters. The summed E-state index contributed by atoms with van der Waals surface area (Å²) < 4.78 is 10.1. The Balaban J connectivity index is 2.13. The van der Waals surface area contributed by atoms with Crippen LogP contribution in [0.15, 0.2) is 23.2 Å². The highest BCUT2D eigenvalue weighted by atomic mass is 16.5. The van der Waals surface area contributed by atoms with Gasteiger partial charge in [0.25, 0.3) is 0 Å². The molecule has 7 nitrogen and oxygen atoms in total. The first-order valence-corrected chi connectivity index (χ1v) is 5.61. The van der Waals surface area contributed by atoms with Crippen LogP contribution in [0.2, 0.25) is 0 Å². The molecule has 2 N–H and O–H groups in total. The predicted octanol–water partition coefficient (Wildman–Crippen LogP) is 1.52. The van der Waals surface area contributed by atoms with E-state index in [0.29, 0.717) is 23.9 Å². The van der Waals surface area contributed by atoms with Gasteiger partial charge in [-0.05, 0) is 6.92 Å². The third-order valence-electron chi connectivity index (χ3n) is 2.28. The van der Waals surface area contributed by atoms with Crippen LogP contribution in [-0.4, -0.2) is 28.8 Å². The molecule has 0 saturated heterocycles. The molecular formula is C11H15N5O2. The Morgan fingerprint density at radius 3 is 2.67 bits per heavy atom. The normalized spacial score (nSPS) is 10.1. The Morgan fingerprint density at radius 1 is 1.28 bits per heavy atom. The molecule has 96 valence electrons. The van der Waals surface area contributed by atoms with Gasteiger partial charge in [-0.2, -0.15) is 0 Å². The molecule has 0 fully saturated rings. The van der Waals surface area contributed by atoms with Crippen molar-refractivity contribution in [2.45, 2.75) is 13.5 Å². The number of aromatic nitrogens is 3. The standard InChI is InChI=1S/C11H15N5O2/c1-3-12-10-9(17-2)11(15-7-14-10)13-6-8-4-5-18-16-8/h4-5,7H,3,6H2,1-2H3,(H2,12,13,14,15). The Kier molecular flexibility index (Phi) is 3.95. The van der Waals surface area contributed by atoms with Crippen molar-refractivity contribution in [3.8, 4) is 5.75 Å². The summed E-state index contributed by atoms with van der Waals surface area (Å²) in [6.07, 6.45) is 3.00. The van der Waals surface area contributed by atoms with Crippen molar-refractivity contribution in [1.82, 2.24) is 15.1 Å². The molecule has 0 aliphatic heterocycles. The lowest BCUT2D eigenvalue weighted by molar-refractivity contribution is 0.410. The van der Waals surface area contributed by atoms with E-state index in [-0.39, 0.29) is 0 Å². The number of hydrogen-bond acceptors (Lipinski definition) is 7. The van der Waals surface area contributed by atoms with Crippen molar-refractivity contribution < 1.29 is 9.26 Å². The second kappa shape index (κ2) is 5.85. The summed E-state index contributed by atoms with van der Waals surface area (Å²) in [5.74, 6) is 1.87. The second-order valence-electron chi connectivity index (χ2n) is 3.48. The topological polar surface area (TPSA) is 85.1 Å². The fraction of sp³-hybridized carbons (Fsp3) is 0.364. The fourth-order valence-electron chi connectivity index (χ4n) is 1.49. The van der Waals surface area contributed by atoms with Gasteiger partial charge in [-0.1, -0.05) is 5.16 Å². The lowest BCUT2D eigenvalue weighted by atomic mass is 10.4. The molecule has 7 heteroatoms.